The zero-order valence-corrected chi connectivity index (χ0v) is 12.9. The molecule has 22 heavy (non-hydrogen) atoms. The molecule has 5 heteroatoms. The van der Waals surface area contributed by atoms with Crippen molar-refractivity contribution < 1.29 is 9.18 Å². The molecule has 2 aliphatic rings. The van der Waals surface area contributed by atoms with Crippen LogP contribution in [0.4, 0.5) is 9.18 Å². The fraction of sp³-hybridized carbons (Fsp3) is 0.588. The number of rotatable bonds is 3. The zero-order valence-electron chi connectivity index (χ0n) is 12.9. The molecule has 1 saturated heterocycles. The van der Waals surface area contributed by atoms with E-state index in [0.29, 0.717) is 25.7 Å². The maximum atomic E-state index is 13.7. The number of amides is 2. The molecule has 2 fully saturated rings. The molecule has 4 nitrogen and oxygen atoms in total. The summed E-state index contributed by atoms with van der Waals surface area (Å²) in [5.41, 5.74) is 0.728. The van der Waals surface area contributed by atoms with E-state index in [2.05, 4.69) is 10.2 Å². The van der Waals surface area contributed by atoms with Gasteiger partial charge in [-0.3, -0.25) is 4.90 Å². The monoisotopic (exact) mass is 305 g/mol. The van der Waals surface area contributed by atoms with Crippen LogP contribution in [-0.2, 0) is 6.54 Å². The number of halogens is 1. The van der Waals surface area contributed by atoms with Crippen LogP contribution in [0.1, 0.15) is 31.2 Å². The fourth-order valence-electron chi connectivity index (χ4n) is 3.31. The number of hydrogen-bond acceptors (Lipinski definition) is 2. The number of nitrogens with zero attached hydrogens (tertiary/aromatic N) is 2. The Kier molecular flexibility index (Phi) is 4.93. The van der Waals surface area contributed by atoms with Gasteiger partial charge in [0.05, 0.1) is 0 Å². The van der Waals surface area contributed by atoms with Crippen LogP contribution in [0, 0.1) is 5.82 Å². The van der Waals surface area contributed by atoms with Gasteiger partial charge in [-0.1, -0.05) is 31.0 Å². The molecule has 0 radical (unpaired) electrons. The second kappa shape index (κ2) is 7.09. The second-order valence-corrected chi connectivity index (χ2v) is 6.29. The van der Waals surface area contributed by atoms with E-state index >= 15 is 0 Å². The largest absolute Gasteiger partial charge is 0.335 e. The van der Waals surface area contributed by atoms with Gasteiger partial charge < -0.3 is 10.2 Å². The Balaban J connectivity index is 1.45. The molecule has 2 amide bonds. The van der Waals surface area contributed by atoms with Crippen molar-refractivity contribution in [3.8, 4) is 0 Å². The van der Waals surface area contributed by atoms with Crippen molar-refractivity contribution in [2.45, 2.75) is 38.3 Å². The van der Waals surface area contributed by atoms with Crippen molar-refractivity contribution in [2.24, 2.45) is 0 Å². The highest BCUT2D eigenvalue weighted by Gasteiger charge is 2.24. The van der Waals surface area contributed by atoms with Crippen LogP contribution in [0.2, 0.25) is 0 Å². The van der Waals surface area contributed by atoms with Crippen molar-refractivity contribution in [3.63, 3.8) is 0 Å². The summed E-state index contributed by atoms with van der Waals surface area (Å²) in [6, 6.07) is 7.34. The Hall–Kier alpha value is -1.62. The third kappa shape index (κ3) is 3.77. The zero-order chi connectivity index (χ0) is 15.4. The summed E-state index contributed by atoms with van der Waals surface area (Å²) in [5, 5.41) is 3.13. The Morgan fingerprint density at radius 1 is 1.14 bits per heavy atom. The van der Waals surface area contributed by atoms with Crippen LogP contribution >= 0.6 is 0 Å². The Bertz CT molecular complexity index is 508. The molecular weight excluding hydrogens is 281 g/mol. The number of carbonyl (C=O) groups excluding carboxylic acids is 1. The average molecular weight is 305 g/mol. The van der Waals surface area contributed by atoms with Crippen molar-refractivity contribution in [1.29, 1.82) is 0 Å². The van der Waals surface area contributed by atoms with Gasteiger partial charge in [0.2, 0.25) is 0 Å². The van der Waals surface area contributed by atoms with Crippen LogP contribution in [0.25, 0.3) is 0 Å². The predicted molar refractivity (Wildman–Crippen MR) is 84.0 cm³/mol. The number of carbonyl (C=O) groups is 1. The van der Waals surface area contributed by atoms with Gasteiger partial charge in [-0.2, -0.15) is 0 Å². The van der Waals surface area contributed by atoms with E-state index in [4.69, 9.17) is 0 Å². The standard InChI is InChI=1S/C17H24FN3O/c18-16-8-4-1-5-14(16)13-20-9-11-21(12-10-20)17(22)19-15-6-2-3-7-15/h1,4-5,8,15H,2-3,6-7,9-13H2,(H,19,22). The summed E-state index contributed by atoms with van der Waals surface area (Å²) < 4.78 is 13.7. The van der Waals surface area contributed by atoms with Gasteiger partial charge in [-0.05, 0) is 18.9 Å². The summed E-state index contributed by atoms with van der Waals surface area (Å²) in [6.07, 6.45) is 4.67. The van der Waals surface area contributed by atoms with Crippen LogP contribution < -0.4 is 5.32 Å². The second-order valence-electron chi connectivity index (χ2n) is 6.29. The molecule has 1 aliphatic carbocycles. The van der Waals surface area contributed by atoms with Gasteiger partial charge in [0.25, 0.3) is 0 Å². The molecule has 0 unspecified atom stereocenters. The van der Waals surface area contributed by atoms with E-state index in [1.165, 1.54) is 18.9 Å². The predicted octanol–water partition coefficient (Wildman–Crippen LogP) is 2.60. The lowest BCUT2D eigenvalue weighted by molar-refractivity contribution is 0.132. The van der Waals surface area contributed by atoms with Gasteiger partial charge >= 0.3 is 6.03 Å². The lowest BCUT2D eigenvalue weighted by Gasteiger charge is -2.35. The van der Waals surface area contributed by atoms with Crippen molar-refractivity contribution in [3.05, 3.63) is 35.6 Å². The fourth-order valence-corrected chi connectivity index (χ4v) is 3.31. The normalized spacial score (nSPS) is 20.3. The molecule has 0 atom stereocenters. The number of benzene rings is 1. The van der Waals surface area contributed by atoms with E-state index in [-0.39, 0.29) is 11.8 Å². The first-order chi connectivity index (χ1) is 10.7. The topological polar surface area (TPSA) is 35.6 Å². The van der Waals surface area contributed by atoms with Crippen LogP contribution in [-0.4, -0.2) is 48.1 Å². The third-order valence-corrected chi connectivity index (χ3v) is 4.69. The average Bonchev–Trinajstić information content (AvgIpc) is 3.03. The molecule has 1 aromatic carbocycles. The highest BCUT2D eigenvalue weighted by atomic mass is 19.1. The van der Waals surface area contributed by atoms with Gasteiger partial charge in [0.15, 0.2) is 0 Å². The van der Waals surface area contributed by atoms with Gasteiger partial charge in [0, 0.05) is 44.3 Å². The lowest BCUT2D eigenvalue weighted by Crippen LogP contribution is -2.52. The SMILES string of the molecule is O=C(NC1CCCC1)N1CCN(Cc2ccccc2F)CC1. The Labute approximate surface area is 131 Å². The summed E-state index contributed by atoms with van der Waals surface area (Å²) >= 11 is 0. The quantitative estimate of drug-likeness (QED) is 0.932. The van der Waals surface area contributed by atoms with Gasteiger partial charge in [-0.25, -0.2) is 9.18 Å². The summed E-state index contributed by atoms with van der Waals surface area (Å²) in [7, 11) is 0. The molecule has 1 N–H and O–H groups in total. The Morgan fingerprint density at radius 2 is 1.82 bits per heavy atom. The first kappa shape index (κ1) is 15.3. The smallest absolute Gasteiger partial charge is 0.317 e. The van der Waals surface area contributed by atoms with E-state index < -0.39 is 0 Å². The minimum Gasteiger partial charge on any atom is -0.335 e. The van der Waals surface area contributed by atoms with Crippen LogP contribution in [0.3, 0.4) is 0 Å². The highest BCUT2D eigenvalue weighted by Crippen LogP contribution is 2.18. The molecule has 1 aliphatic heterocycles. The summed E-state index contributed by atoms with van der Waals surface area (Å²) in [6.45, 7) is 3.64. The molecular formula is C17H24FN3O. The minimum atomic E-state index is -0.149. The first-order valence-corrected chi connectivity index (χ1v) is 8.23. The van der Waals surface area contributed by atoms with Crippen LogP contribution in [0.5, 0.6) is 0 Å². The molecule has 0 aromatic heterocycles. The van der Waals surface area contributed by atoms with E-state index in [1.54, 1.807) is 6.07 Å². The van der Waals surface area contributed by atoms with E-state index in [1.807, 2.05) is 17.0 Å². The van der Waals surface area contributed by atoms with Crippen molar-refractivity contribution in [2.75, 3.05) is 26.2 Å². The molecule has 0 bridgehead atoms. The van der Waals surface area contributed by atoms with E-state index in [0.717, 1.165) is 31.5 Å². The molecule has 0 spiro atoms. The molecule has 1 saturated carbocycles. The molecule has 3 rings (SSSR count). The number of piperazine rings is 1. The van der Waals surface area contributed by atoms with E-state index in [9.17, 15) is 9.18 Å². The maximum absolute atomic E-state index is 13.7. The highest BCUT2D eigenvalue weighted by molar-refractivity contribution is 5.74. The Morgan fingerprint density at radius 3 is 2.50 bits per heavy atom. The maximum Gasteiger partial charge on any atom is 0.317 e. The van der Waals surface area contributed by atoms with Crippen molar-refractivity contribution >= 4 is 6.03 Å². The number of hydrogen-bond donors (Lipinski definition) is 1. The number of nitrogens with one attached hydrogen (secondary N) is 1. The lowest BCUT2D eigenvalue weighted by atomic mass is 10.2. The molecule has 120 valence electrons. The summed E-state index contributed by atoms with van der Waals surface area (Å²) in [5.74, 6) is -0.149. The third-order valence-electron chi connectivity index (χ3n) is 4.69. The van der Waals surface area contributed by atoms with Gasteiger partial charge in [0.1, 0.15) is 5.82 Å². The molecule has 1 heterocycles. The van der Waals surface area contributed by atoms with Crippen molar-refractivity contribution in [1.82, 2.24) is 15.1 Å². The number of urea groups is 1. The minimum absolute atomic E-state index is 0.0671. The first-order valence-electron chi connectivity index (χ1n) is 8.23. The van der Waals surface area contributed by atoms with Crippen LogP contribution in [0.15, 0.2) is 24.3 Å². The molecule has 1 aromatic rings. The van der Waals surface area contributed by atoms with Gasteiger partial charge in [-0.15, -0.1) is 0 Å². The summed E-state index contributed by atoms with van der Waals surface area (Å²) in [4.78, 5) is 16.3.